The van der Waals surface area contributed by atoms with Crippen molar-refractivity contribution < 1.29 is 4.79 Å². The molecule has 1 aliphatic rings. The SMILES string of the molecule is CN1CCN(CC(C(=O)Nc2cccc3c(-c4cn[nH]c4)c[nH]c23)c2ccccc2)CC1. The largest absolute Gasteiger partial charge is 0.359 e. The molecule has 164 valence electrons. The van der Waals surface area contributed by atoms with Crippen LogP contribution in [-0.4, -0.2) is 70.7 Å². The average Bonchev–Trinajstić information content (AvgIpc) is 3.49. The van der Waals surface area contributed by atoms with E-state index in [-0.39, 0.29) is 11.8 Å². The first-order valence-corrected chi connectivity index (χ1v) is 11.0. The second-order valence-electron chi connectivity index (χ2n) is 8.47. The number of nitrogens with one attached hydrogen (secondary N) is 3. The van der Waals surface area contributed by atoms with Crippen molar-refractivity contribution in [3.05, 3.63) is 72.7 Å². The Labute approximate surface area is 187 Å². The lowest BCUT2D eigenvalue weighted by atomic mass is 9.97. The second kappa shape index (κ2) is 8.98. The van der Waals surface area contributed by atoms with Gasteiger partial charge in [-0.15, -0.1) is 0 Å². The van der Waals surface area contributed by atoms with Gasteiger partial charge in [0.05, 0.1) is 23.3 Å². The molecule has 5 rings (SSSR count). The molecule has 2 aromatic heterocycles. The third-order valence-electron chi connectivity index (χ3n) is 6.34. The van der Waals surface area contributed by atoms with Crippen LogP contribution in [0.15, 0.2) is 67.1 Å². The van der Waals surface area contributed by atoms with Crippen LogP contribution in [0, 0.1) is 0 Å². The van der Waals surface area contributed by atoms with Gasteiger partial charge in [-0.3, -0.25) is 14.8 Å². The zero-order chi connectivity index (χ0) is 21.9. The van der Waals surface area contributed by atoms with Gasteiger partial charge < -0.3 is 15.2 Å². The molecule has 0 spiro atoms. The molecule has 2 aromatic carbocycles. The fourth-order valence-corrected chi connectivity index (χ4v) is 4.43. The van der Waals surface area contributed by atoms with Crippen molar-refractivity contribution in [3.63, 3.8) is 0 Å². The highest BCUT2D eigenvalue weighted by atomic mass is 16.1. The van der Waals surface area contributed by atoms with E-state index in [1.807, 2.05) is 54.9 Å². The fourth-order valence-electron chi connectivity index (χ4n) is 4.43. The molecule has 4 aromatic rings. The topological polar surface area (TPSA) is 80.0 Å². The third kappa shape index (κ3) is 4.17. The summed E-state index contributed by atoms with van der Waals surface area (Å²) >= 11 is 0. The number of aromatic nitrogens is 3. The summed E-state index contributed by atoms with van der Waals surface area (Å²) in [6.45, 7) is 4.73. The number of carbonyl (C=O) groups excluding carboxylic acids is 1. The molecule has 1 amide bonds. The first-order chi connectivity index (χ1) is 15.7. The Morgan fingerprint density at radius 3 is 2.62 bits per heavy atom. The Balaban J connectivity index is 1.41. The Kier molecular flexibility index (Phi) is 5.75. The van der Waals surface area contributed by atoms with Gasteiger partial charge in [-0.05, 0) is 18.7 Å². The molecule has 32 heavy (non-hydrogen) atoms. The van der Waals surface area contributed by atoms with Gasteiger partial charge in [-0.1, -0.05) is 42.5 Å². The highest BCUT2D eigenvalue weighted by Crippen LogP contribution is 2.32. The third-order valence-corrected chi connectivity index (χ3v) is 6.34. The number of nitrogens with zero attached hydrogens (tertiary/aromatic N) is 3. The van der Waals surface area contributed by atoms with Crippen LogP contribution in [0.1, 0.15) is 11.5 Å². The standard InChI is InChI=1S/C25H28N6O/c1-30-10-12-31(13-11-30)17-22(18-6-3-2-4-7-18)25(32)29-23-9-5-8-20-21(16-26-24(20)23)19-14-27-28-15-19/h2-9,14-16,22,26H,10-13,17H2,1H3,(H,27,28)(H,29,32). The molecule has 1 aliphatic heterocycles. The van der Waals surface area contributed by atoms with Crippen molar-refractivity contribution in [2.24, 2.45) is 0 Å². The number of anilines is 1. The molecule has 3 N–H and O–H groups in total. The van der Waals surface area contributed by atoms with Gasteiger partial charge in [0.1, 0.15) is 0 Å². The first kappa shape index (κ1) is 20.5. The highest BCUT2D eigenvalue weighted by Gasteiger charge is 2.26. The minimum absolute atomic E-state index is 0.0158. The molecule has 7 heteroatoms. The number of para-hydroxylation sites is 1. The summed E-state index contributed by atoms with van der Waals surface area (Å²) in [7, 11) is 2.15. The summed E-state index contributed by atoms with van der Waals surface area (Å²) < 4.78 is 0. The number of hydrogen-bond acceptors (Lipinski definition) is 4. The summed E-state index contributed by atoms with van der Waals surface area (Å²) in [5.41, 5.74) is 4.82. The van der Waals surface area contributed by atoms with E-state index in [0.29, 0.717) is 6.54 Å². The van der Waals surface area contributed by atoms with Crippen molar-refractivity contribution in [2.75, 3.05) is 45.1 Å². The number of likely N-dealkylation sites (N-methyl/N-ethyl adjacent to an activating group) is 1. The average molecular weight is 429 g/mol. The van der Waals surface area contributed by atoms with Gasteiger partial charge in [0.15, 0.2) is 0 Å². The van der Waals surface area contributed by atoms with Gasteiger partial charge >= 0.3 is 0 Å². The first-order valence-electron chi connectivity index (χ1n) is 11.0. The van der Waals surface area contributed by atoms with Crippen LogP contribution in [0.25, 0.3) is 22.0 Å². The van der Waals surface area contributed by atoms with Gasteiger partial charge in [0.25, 0.3) is 0 Å². The van der Waals surface area contributed by atoms with Crippen LogP contribution in [0.5, 0.6) is 0 Å². The van der Waals surface area contributed by atoms with E-state index in [2.05, 4.69) is 43.4 Å². The Hall–Kier alpha value is -3.42. The number of piperazine rings is 1. The number of fused-ring (bicyclic) bond motifs is 1. The molecule has 0 bridgehead atoms. The maximum absolute atomic E-state index is 13.6. The summed E-state index contributed by atoms with van der Waals surface area (Å²) in [5.74, 6) is -0.222. The molecule has 3 heterocycles. The van der Waals surface area contributed by atoms with E-state index < -0.39 is 0 Å². The Morgan fingerprint density at radius 2 is 1.88 bits per heavy atom. The number of carbonyl (C=O) groups is 1. The number of hydrogen-bond donors (Lipinski definition) is 3. The van der Waals surface area contributed by atoms with E-state index in [9.17, 15) is 4.79 Å². The Bertz CT molecular complexity index is 1180. The molecule has 1 unspecified atom stereocenters. The minimum atomic E-state index is -0.238. The number of benzene rings is 2. The monoisotopic (exact) mass is 428 g/mol. The van der Waals surface area contributed by atoms with Gasteiger partial charge in [0, 0.05) is 61.6 Å². The normalized spacial score (nSPS) is 16.3. The quantitative estimate of drug-likeness (QED) is 0.439. The van der Waals surface area contributed by atoms with Crippen molar-refractivity contribution >= 4 is 22.5 Å². The van der Waals surface area contributed by atoms with E-state index in [1.165, 1.54) is 0 Å². The summed E-state index contributed by atoms with van der Waals surface area (Å²) in [5, 5.41) is 11.2. The lowest BCUT2D eigenvalue weighted by molar-refractivity contribution is -0.118. The number of aromatic amines is 2. The van der Waals surface area contributed by atoms with Crippen LogP contribution in [-0.2, 0) is 4.79 Å². The van der Waals surface area contributed by atoms with E-state index in [1.54, 1.807) is 6.20 Å². The molecule has 1 fully saturated rings. The van der Waals surface area contributed by atoms with Crippen molar-refractivity contribution in [1.82, 2.24) is 25.0 Å². The molecule has 1 saturated heterocycles. The highest BCUT2D eigenvalue weighted by molar-refractivity contribution is 6.07. The van der Waals surface area contributed by atoms with Gasteiger partial charge in [-0.2, -0.15) is 5.10 Å². The van der Waals surface area contributed by atoms with Crippen molar-refractivity contribution in [1.29, 1.82) is 0 Å². The van der Waals surface area contributed by atoms with Crippen molar-refractivity contribution in [2.45, 2.75) is 5.92 Å². The van der Waals surface area contributed by atoms with Gasteiger partial charge in [0.2, 0.25) is 5.91 Å². The maximum atomic E-state index is 13.6. The van der Waals surface area contributed by atoms with Gasteiger partial charge in [-0.25, -0.2) is 0 Å². The van der Waals surface area contributed by atoms with Crippen LogP contribution < -0.4 is 5.32 Å². The Morgan fingerprint density at radius 1 is 1.06 bits per heavy atom. The number of amides is 1. The fraction of sp³-hybridized carbons (Fsp3) is 0.280. The molecule has 7 nitrogen and oxygen atoms in total. The predicted octanol–water partition coefficient (Wildman–Crippen LogP) is 3.53. The molecule has 0 aliphatic carbocycles. The smallest absolute Gasteiger partial charge is 0.233 e. The number of H-pyrrole nitrogens is 2. The molecule has 1 atom stereocenters. The second-order valence-corrected chi connectivity index (χ2v) is 8.47. The number of rotatable bonds is 6. The predicted molar refractivity (Wildman–Crippen MR) is 128 cm³/mol. The lowest BCUT2D eigenvalue weighted by Gasteiger charge is -2.34. The lowest BCUT2D eigenvalue weighted by Crippen LogP contribution is -2.47. The summed E-state index contributed by atoms with van der Waals surface area (Å²) in [6.07, 6.45) is 5.63. The maximum Gasteiger partial charge on any atom is 0.233 e. The van der Waals surface area contributed by atoms with E-state index >= 15 is 0 Å². The zero-order valence-electron chi connectivity index (χ0n) is 18.2. The van der Waals surface area contributed by atoms with E-state index in [4.69, 9.17) is 0 Å². The summed E-state index contributed by atoms with van der Waals surface area (Å²) in [6, 6.07) is 16.1. The van der Waals surface area contributed by atoms with Crippen molar-refractivity contribution in [3.8, 4) is 11.1 Å². The zero-order valence-corrected chi connectivity index (χ0v) is 18.2. The van der Waals surface area contributed by atoms with Crippen LogP contribution >= 0.6 is 0 Å². The van der Waals surface area contributed by atoms with Crippen LogP contribution in [0.3, 0.4) is 0 Å². The van der Waals surface area contributed by atoms with Crippen LogP contribution in [0.4, 0.5) is 5.69 Å². The molecule has 0 radical (unpaired) electrons. The minimum Gasteiger partial charge on any atom is -0.359 e. The molecular formula is C25H28N6O. The summed E-state index contributed by atoms with van der Waals surface area (Å²) in [4.78, 5) is 21.6. The molecular weight excluding hydrogens is 400 g/mol. The molecule has 0 saturated carbocycles. The van der Waals surface area contributed by atoms with Crippen LogP contribution in [0.2, 0.25) is 0 Å². The van der Waals surface area contributed by atoms with E-state index in [0.717, 1.165) is 59.5 Å².